The molecule has 1 N–H and O–H groups in total. The third kappa shape index (κ3) is 3.05. The Morgan fingerprint density at radius 3 is 2.70 bits per heavy atom. The normalized spacial score (nSPS) is 38.1. The fourth-order valence-corrected chi connectivity index (χ4v) is 4.32. The van der Waals surface area contributed by atoms with Crippen LogP contribution in [0.5, 0.6) is 0 Å². The van der Waals surface area contributed by atoms with Crippen LogP contribution in [0.1, 0.15) is 59.3 Å². The lowest BCUT2D eigenvalue weighted by Gasteiger charge is -2.41. The minimum atomic E-state index is 0.291. The zero-order valence-corrected chi connectivity index (χ0v) is 13.5. The van der Waals surface area contributed by atoms with E-state index in [1.54, 1.807) is 0 Å². The van der Waals surface area contributed by atoms with Crippen molar-refractivity contribution < 1.29 is 4.74 Å². The Morgan fingerprint density at radius 1 is 1.25 bits per heavy atom. The molecule has 0 aromatic rings. The highest BCUT2D eigenvalue weighted by molar-refractivity contribution is 4.95. The minimum Gasteiger partial charge on any atom is -0.370 e. The van der Waals surface area contributed by atoms with E-state index in [4.69, 9.17) is 4.74 Å². The van der Waals surface area contributed by atoms with Gasteiger partial charge in [0.05, 0.1) is 11.7 Å². The van der Waals surface area contributed by atoms with Crippen LogP contribution < -0.4 is 5.32 Å². The van der Waals surface area contributed by atoms with Gasteiger partial charge in [0.1, 0.15) is 0 Å². The Bertz CT molecular complexity index is 325. The summed E-state index contributed by atoms with van der Waals surface area (Å²) in [7, 11) is 0. The topological polar surface area (TPSA) is 24.5 Å². The molecule has 3 nitrogen and oxygen atoms in total. The lowest BCUT2D eigenvalue weighted by molar-refractivity contribution is -0.0548. The first kappa shape index (κ1) is 14.8. The fourth-order valence-electron chi connectivity index (χ4n) is 4.32. The SMILES string of the molecule is CC(C)C1CN(CC2CCC3(CCCC3)O2)C(C)CN1. The van der Waals surface area contributed by atoms with Gasteiger partial charge in [0.2, 0.25) is 0 Å². The Morgan fingerprint density at radius 2 is 2.00 bits per heavy atom. The summed E-state index contributed by atoms with van der Waals surface area (Å²) in [6.07, 6.45) is 8.47. The molecule has 3 unspecified atom stereocenters. The molecule has 1 saturated carbocycles. The van der Waals surface area contributed by atoms with Crippen molar-refractivity contribution >= 4 is 0 Å². The van der Waals surface area contributed by atoms with Crippen molar-refractivity contribution in [3.05, 3.63) is 0 Å². The molecule has 3 heteroatoms. The second-order valence-corrected chi connectivity index (χ2v) is 7.73. The molecule has 20 heavy (non-hydrogen) atoms. The van der Waals surface area contributed by atoms with E-state index < -0.39 is 0 Å². The monoisotopic (exact) mass is 280 g/mol. The molecular weight excluding hydrogens is 248 g/mol. The molecule has 2 aliphatic heterocycles. The molecule has 0 aromatic carbocycles. The van der Waals surface area contributed by atoms with Crippen molar-refractivity contribution in [1.82, 2.24) is 10.2 Å². The Kier molecular flexibility index (Phi) is 4.40. The average Bonchev–Trinajstić information content (AvgIpc) is 3.03. The van der Waals surface area contributed by atoms with E-state index in [-0.39, 0.29) is 0 Å². The smallest absolute Gasteiger partial charge is 0.0710 e. The summed E-state index contributed by atoms with van der Waals surface area (Å²) in [5.74, 6) is 0.718. The van der Waals surface area contributed by atoms with Crippen LogP contribution in [0.4, 0.5) is 0 Å². The van der Waals surface area contributed by atoms with Gasteiger partial charge in [0.15, 0.2) is 0 Å². The highest BCUT2D eigenvalue weighted by Gasteiger charge is 2.43. The molecule has 2 heterocycles. The number of hydrogen-bond donors (Lipinski definition) is 1. The molecule has 1 aliphatic carbocycles. The van der Waals surface area contributed by atoms with Crippen molar-refractivity contribution in [2.24, 2.45) is 5.92 Å². The van der Waals surface area contributed by atoms with Gasteiger partial charge in [-0.15, -0.1) is 0 Å². The van der Waals surface area contributed by atoms with Crippen LogP contribution in [-0.4, -0.2) is 48.3 Å². The van der Waals surface area contributed by atoms with Gasteiger partial charge in [-0.3, -0.25) is 4.90 Å². The van der Waals surface area contributed by atoms with Crippen molar-refractivity contribution in [3.63, 3.8) is 0 Å². The van der Waals surface area contributed by atoms with E-state index >= 15 is 0 Å². The molecule has 116 valence electrons. The summed E-state index contributed by atoms with van der Waals surface area (Å²) in [6.45, 7) is 10.5. The third-order valence-corrected chi connectivity index (χ3v) is 5.83. The van der Waals surface area contributed by atoms with E-state index in [0.717, 1.165) is 19.0 Å². The minimum absolute atomic E-state index is 0.291. The van der Waals surface area contributed by atoms with Crippen LogP contribution in [0.3, 0.4) is 0 Å². The number of hydrogen-bond acceptors (Lipinski definition) is 3. The number of rotatable bonds is 3. The van der Waals surface area contributed by atoms with Crippen molar-refractivity contribution in [2.45, 2.75) is 83.1 Å². The summed E-state index contributed by atoms with van der Waals surface area (Å²) >= 11 is 0. The van der Waals surface area contributed by atoms with E-state index in [1.165, 1.54) is 45.1 Å². The van der Waals surface area contributed by atoms with Gasteiger partial charge in [-0.2, -0.15) is 0 Å². The maximum Gasteiger partial charge on any atom is 0.0710 e. The zero-order valence-electron chi connectivity index (χ0n) is 13.5. The highest BCUT2D eigenvalue weighted by atomic mass is 16.5. The average molecular weight is 280 g/mol. The predicted molar refractivity (Wildman–Crippen MR) is 83.0 cm³/mol. The molecule has 0 amide bonds. The molecule has 0 aromatic heterocycles. The quantitative estimate of drug-likeness (QED) is 0.860. The Hall–Kier alpha value is -0.120. The van der Waals surface area contributed by atoms with Crippen LogP contribution in [-0.2, 0) is 4.74 Å². The number of piperazine rings is 1. The molecule has 3 atom stereocenters. The van der Waals surface area contributed by atoms with E-state index in [2.05, 4.69) is 31.0 Å². The first-order chi connectivity index (χ1) is 9.58. The van der Waals surface area contributed by atoms with E-state index in [1.807, 2.05) is 0 Å². The van der Waals surface area contributed by atoms with Crippen molar-refractivity contribution in [1.29, 1.82) is 0 Å². The molecule has 0 bridgehead atoms. The van der Waals surface area contributed by atoms with Crippen molar-refractivity contribution in [3.8, 4) is 0 Å². The summed E-state index contributed by atoms with van der Waals surface area (Å²) in [4.78, 5) is 2.67. The molecular formula is C17H32N2O. The molecule has 3 aliphatic rings. The molecule has 3 rings (SSSR count). The lowest BCUT2D eigenvalue weighted by Crippen LogP contribution is -2.58. The second-order valence-electron chi connectivity index (χ2n) is 7.73. The van der Waals surface area contributed by atoms with E-state index in [9.17, 15) is 0 Å². The van der Waals surface area contributed by atoms with Crippen LogP contribution in [0.2, 0.25) is 0 Å². The summed E-state index contributed by atoms with van der Waals surface area (Å²) in [6, 6.07) is 1.29. The standard InChI is InChI=1S/C17H32N2O/c1-13(2)16-12-19(14(3)10-18-16)11-15-6-9-17(20-15)7-4-5-8-17/h13-16,18H,4-12H2,1-3H3. The van der Waals surface area contributed by atoms with Gasteiger partial charge < -0.3 is 10.1 Å². The summed E-state index contributed by atoms with van der Waals surface area (Å²) in [5.41, 5.74) is 0.291. The fraction of sp³-hybridized carbons (Fsp3) is 1.00. The number of nitrogens with zero attached hydrogens (tertiary/aromatic N) is 1. The maximum atomic E-state index is 6.49. The molecule has 3 fully saturated rings. The molecule has 1 spiro atoms. The van der Waals surface area contributed by atoms with Crippen LogP contribution in [0.15, 0.2) is 0 Å². The highest BCUT2D eigenvalue weighted by Crippen LogP contribution is 2.43. The molecule has 2 saturated heterocycles. The van der Waals surface area contributed by atoms with Gasteiger partial charge in [-0.05, 0) is 38.5 Å². The summed E-state index contributed by atoms with van der Waals surface area (Å²) in [5, 5.41) is 3.69. The van der Waals surface area contributed by atoms with Crippen LogP contribution >= 0.6 is 0 Å². The second kappa shape index (κ2) is 5.94. The van der Waals surface area contributed by atoms with Crippen molar-refractivity contribution in [2.75, 3.05) is 19.6 Å². The lowest BCUT2D eigenvalue weighted by atomic mass is 9.97. The first-order valence-electron chi connectivity index (χ1n) is 8.73. The number of nitrogens with one attached hydrogen (secondary N) is 1. The van der Waals surface area contributed by atoms with Gasteiger partial charge in [0.25, 0.3) is 0 Å². The predicted octanol–water partition coefficient (Wildman–Crippen LogP) is 2.80. The third-order valence-electron chi connectivity index (χ3n) is 5.83. The van der Waals surface area contributed by atoms with Crippen LogP contribution in [0.25, 0.3) is 0 Å². The Labute approximate surface area is 124 Å². The first-order valence-corrected chi connectivity index (χ1v) is 8.73. The van der Waals surface area contributed by atoms with Crippen LogP contribution in [0, 0.1) is 5.92 Å². The molecule has 0 radical (unpaired) electrons. The van der Waals surface area contributed by atoms with Gasteiger partial charge in [-0.25, -0.2) is 0 Å². The number of ether oxygens (including phenoxy) is 1. The largest absolute Gasteiger partial charge is 0.370 e. The maximum absolute atomic E-state index is 6.49. The Balaban J connectivity index is 1.54. The zero-order chi connectivity index (χ0) is 14.2. The van der Waals surface area contributed by atoms with Gasteiger partial charge in [-0.1, -0.05) is 26.7 Å². The van der Waals surface area contributed by atoms with Gasteiger partial charge in [0, 0.05) is 31.7 Å². The van der Waals surface area contributed by atoms with E-state index in [0.29, 0.717) is 23.8 Å². The van der Waals surface area contributed by atoms with Gasteiger partial charge >= 0.3 is 0 Å². The summed E-state index contributed by atoms with van der Waals surface area (Å²) < 4.78 is 6.49.